The van der Waals surface area contributed by atoms with Crippen LogP contribution < -0.4 is 10.6 Å². The highest BCUT2D eigenvalue weighted by atomic mass is 16.6. The third-order valence-electron chi connectivity index (χ3n) is 5.63. The fourth-order valence-electron chi connectivity index (χ4n) is 3.77. The Kier molecular flexibility index (Phi) is 12.0. The standard InChI is InChI=1S/C26H43N3O6/c1-8-11-18(4)27-23(32)22(19-12-10-13-20(31)16-19)29(14-15-30)24(33)21(17(3)9-2)28-25(34)35-26(5,6)7/h10,12-13,16-18,21-22,30-31H,8-9,11,14-15H2,1-7H3,(H,27,32)(H,28,34). The van der Waals surface area contributed by atoms with Crippen molar-refractivity contribution < 1.29 is 29.3 Å². The molecule has 1 rings (SSSR count). The summed E-state index contributed by atoms with van der Waals surface area (Å²) < 4.78 is 5.36. The van der Waals surface area contributed by atoms with Crippen LogP contribution >= 0.6 is 0 Å². The number of phenols is 1. The summed E-state index contributed by atoms with van der Waals surface area (Å²) in [5.74, 6) is -1.28. The third kappa shape index (κ3) is 9.76. The van der Waals surface area contributed by atoms with Crippen molar-refractivity contribution in [2.45, 2.75) is 91.5 Å². The maximum atomic E-state index is 13.9. The number of hydrogen-bond acceptors (Lipinski definition) is 6. The molecule has 0 radical (unpaired) electrons. The van der Waals surface area contributed by atoms with E-state index < -0.39 is 42.2 Å². The number of aliphatic hydroxyl groups excluding tert-OH is 1. The number of rotatable bonds is 12. The molecule has 4 N–H and O–H groups in total. The lowest BCUT2D eigenvalue weighted by Crippen LogP contribution is -2.56. The van der Waals surface area contributed by atoms with Gasteiger partial charge in [0.15, 0.2) is 0 Å². The average molecular weight is 494 g/mol. The predicted molar refractivity (Wildman–Crippen MR) is 135 cm³/mol. The van der Waals surface area contributed by atoms with E-state index in [0.717, 1.165) is 12.8 Å². The molecule has 0 saturated heterocycles. The van der Waals surface area contributed by atoms with Gasteiger partial charge in [0.25, 0.3) is 0 Å². The average Bonchev–Trinajstić information content (AvgIpc) is 2.75. The summed E-state index contributed by atoms with van der Waals surface area (Å²) in [6.45, 7) is 12.3. The van der Waals surface area contributed by atoms with Gasteiger partial charge in [-0.15, -0.1) is 0 Å². The van der Waals surface area contributed by atoms with Gasteiger partial charge in [0, 0.05) is 12.6 Å². The van der Waals surface area contributed by atoms with E-state index in [9.17, 15) is 24.6 Å². The number of aliphatic hydroxyl groups is 1. The van der Waals surface area contributed by atoms with Crippen LogP contribution in [0.3, 0.4) is 0 Å². The Morgan fingerprint density at radius 1 is 1.11 bits per heavy atom. The topological polar surface area (TPSA) is 128 Å². The van der Waals surface area contributed by atoms with Crippen molar-refractivity contribution in [1.29, 1.82) is 0 Å². The van der Waals surface area contributed by atoms with Crippen molar-refractivity contribution in [1.82, 2.24) is 15.5 Å². The van der Waals surface area contributed by atoms with Crippen molar-refractivity contribution in [3.8, 4) is 5.75 Å². The Hall–Kier alpha value is -2.81. The number of carbonyl (C=O) groups excluding carboxylic acids is 3. The molecule has 0 aliphatic carbocycles. The number of benzene rings is 1. The zero-order valence-corrected chi connectivity index (χ0v) is 22.1. The lowest BCUT2D eigenvalue weighted by Gasteiger charge is -2.36. The molecule has 0 aliphatic rings. The second-order valence-electron chi connectivity index (χ2n) is 9.96. The van der Waals surface area contributed by atoms with Crippen molar-refractivity contribution in [3.63, 3.8) is 0 Å². The number of carbonyl (C=O) groups is 3. The largest absolute Gasteiger partial charge is 0.508 e. The molecule has 0 aromatic heterocycles. The molecule has 9 heteroatoms. The molecule has 1 aromatic rings. The van der Waals surface area contributed by atoms with Crippen LogP contribution in [0.4, 0.5) is 4.79 Å². The van der Waals surface area contributed by atoms with Gasteiger partial charge in [0.1, 0.15) is 23.4 Å². The summed E-state index contributed by atoms with van der Waals surface area (Å²) in [5, 5.41) is 25.5. The fraction of sp³-hybridized carbons (Fsp3) is 0.654. The maximum Gasteiger partial charge on any atom is 0.408 e. The van der Waals surface area contributed by atoms with Crippen LogP contribution in [-0.2, 0) is 14.3 Å². The van der Waals surface area contributed by atoms with Crippen LogP contribution in [0.1, 0.15) is 79.3 Å². The highest BCUT2D eigenvalue weighted by Gasteiger charge is 2.38. The number of alkyl carbamates (subject to hydrolysis) is 1. The Bertz CT molecular complexity index is 839. The molecular formula is C26H43N3O6. The minimum absolute atomic E-state index is 0.0522. The van der Waals surface area contributed by atoms with Gasteiger partial charge in [0.2, 0.25) is 11.8 Å². The Balaban J connectivity index is 3.45. The first-order chi connectivity index (χ1) is 16.3. The van der Waals surface area contributed by atoms with Gasteiger partial charge >= 0.3 is 6.09 Å². The lowest BCUT2D eigenvalue weighted by atomic mass is 9.95. The van der Waals surface area contributed by atoms with Gasteiger partial charge in [-0.1, -0.05) is 45.7 Å². The van der Waals surface area contributed by atoms with Gasteiger partial charge in [-0.3, -0.25) is 9.59 Å². The molecule has 0 aliphatic heterocycles. The summed E-state index contributed by atoms with van der Waals surface area (Å²) in [7, 11) is 0. The Morgan fingerprint density at radius 3 is 2.29 bits per heavy atom. The summed E-state index contributed by atoms with van der Waals surface area (Å²) in [4.78, 5) is 41.1. The second-order valence-corrected chi connectivity index (χ2v) is 9.96. The van der Waals surface area contributed by atoms with E-state index in [4.69, 9.17) is 4.74 Å². The number of hydrogen-bond donors (Lipinski definition) is 4. The van der Waals surface area contributed by atoms with Crippen LogP contribution in [0, 0.1) is 5.92 Å². The zero-order valence-electron chi connectivity index (χ0n) is 22.1. The summed E-state index contributed by atoms with van der Waals surface area (Å²) in [6, 6.07) is 3.89. The lowest BCUT2D eigenvalue weighted by molar-refractivity contribution is -0.144. The first-order valence-electron chi connectivity index (χ1n) is 12.3. The molecule has 3 amide bonds. The van der Waals surface area contributed by atoms with Crippen molar-refractivity contribution in [2.75, 3.05) is 13.2 Å². The van der Waals surface area contributed by atoms with Crippen molar-refractivity contribution in [3.05, 3.63) is 29.8 Å². The van der Waals surface area contributed by atoms with E-state index in [1.807, 2.05) is 27.7 Å². The maximum absolute atomic E-state index is 13.9. The zero-order chi connectivity index (χ0) is 26.8. The van der Waals surface area contributed by atoms with E-state index in [1.54, 1.807) is 32.9 Å². The van der Waals surface area contributed by atoms with Crippen LogP contribution in [0.25, 0.3) is 0 Å². The quantitative estimate of drug-likeness (QED) is 0.353. The minimum Gasteiger partial charge on any atom is -0.508 e. The van der Waals surface area contributed by atoms with E-state index >= 15 is 0 Å². The van der Waals surface area contributed by atoms with Gasteiger partial charge in [-0.25, -0.2) is 4.79 Å². The highest BCUT2D eigenvalue weighted by molar-refractivity contribution is 5.92. The Morgan fingerprint density at radius 2 is 1.77 bits per heavy atom. The molecule has 0 heterocycles. The highest BCUT2D eigenvalue weighted by Crippen LogP contribution is 2.27. The smallest absolute Gasteiger partial charge is 0.408 e. The number of ether oxygens (including phenoxy) is 1. The molecule has 9 nitrogen and oxygen atoms in total. The number of nitrogens with one attached hydrogen (secondary N) is 2. The van der Waals surface area contributed by atoms with E-state index in [0.29, 0.717) is 12.0 Å². The van der Waals surface area contributed by atoms with Crippen molar-refractivity contribution >= 4 is 17.9 Å². The second kappa shape index (κ2) is 13.9. The monoisotopic (exact) mass is 493 g/mol. The Labute approximate surface area is 209 Å². The molecule has 35 heavy (non-hydrogen) atoms. The number of amides is 3. The van der Waals surface area contributed by atoms with Crippen LogP contribution in [-0.4, -0.2) is 63.9 Å². The minimum atomic E-state index is -1.12. The SMILES string of the molecule is CCCC(C)NC(=O)C(c1cccc(O)c1)N(CCO)C(=O)C(NC(=O)OC(C)(C)C)C(C)CC. The number of nitrogens with zero attached hydrogens (tertiary/aromatic N) is 1. The predicted octanol–water partition coefficient (Wildman–Crippen LogP) is 3.50. The van der Waals surface area contributed by atoms with E-state index in [1.165, 1.54) is 17.0 Å². The first kappa shape index (κ1) is 30.2. The van der Waals surface area contributed by atoms with Gasteiger partial charge in [-0.2, -0.15) is 0 Å². The molecule has 0 saturated carbocycles. The van der Waals surface area contributed by atoms with Gasteiger partial charge in [-0.05, 0) is 57.7 Å². The van der Waals surface area contributed by atoms with Gasteiger partial charge in [0.05, 0.1) is 6.61 Å². The summed E-state index contributed by atoms with van der Waals surface area (Å²) in [6.07, 6.45) is 1.46. The molecule has 4 atom stereocenters. The number of phenolic OH excluding ortho intramolecular Hbond substituents is 1. The third-order valence-corrected chi connectivity index (χ3v) is 5.63. The molecule has 4 unspecified atom stereocenters. The molecule has 198 valence electrons. The molecular weight excluding hydrogens is 450 g/mol. The van der Waals surface area contributed by atoms with Gasteiger partial charge < -0.3 is 30.5 Å². The normalized spacial score (nSPS) is 14.9. The summed E-state index contributed by atoms with van der Waals surface area (Å²) in [5.41, 5.74) is -0.356. The first-order valence-corrected chi connectivity index (χ1v) is 12.3. The number of aromatic hydroxyl groups is 1. The van der Waals surface area contributed by atoms with E-state index in [-0.39, 0.29) is 24.3 Å². The van der Waals surface area contributed by atoms with E-state index in [2.05, 4.69) is 10.6 Å². The molecule has 0 fully saturated rings. The van der Waals surface area contributed by atoms with Crippen LogP contribution in [0.2, 0.25) is 0 Å². The van der Waals surface area contributed by atoms with Crippen LogP contribution in [0.5, 0.6) is 5.75 Å². The van der Waals surface area contributed by atoms with Crippen molar-refractivity contribution in [2.24, 2.45) is 5.92 Å². The van der Waals surface area contributed by atoms with Crippen LogP contribution in [0.15, 0.2) is 24.3 Å². The summed E-state index contributed by atoms with van der Waals surface area (Å²) >= 11 is 0. The molecule has 1 aromatic carbocycles. The fourth-order valence-corrected chi connectivity index (χ4v) is 3.77. The molecule has 0 bridgehead atoms. The molecule has 0 spiro atoms.